The van der Waals surface area contributed by atoms with Crippen molar-refractivity contribution in [2.45, 2.75) is 6.92 Å². The van der Waals surface area contributed by atoms with Gasteiger partial charge in [-0.25, -0.2) is 13.9 Å². The highest BCUT2D eigenvalue weighted by molar-refractivity contribution is 6.30. The number of amides is 1. The number of hydrogen-bond acceptors (Lipinski definition) is 3. The Balaban J connectivity index is 1.65. The number of aromatic nitrogens is 3. The Bertz CT molecular complexity index is 1460. The fourth-order valence-corrected chi connectivity index (χ4v) is 3.68. The van der Waals surface area contributed by atoms with Crippen molar-refractivity contribution in [3.8, 4) is 22.5 Å². The van der Waals surface area contributed by atoms with E-state index in [4.69, 9.17) is 16.6 Å². The Kier molecular flexibility index (Phi) is 5.36. The molecule has 0 saturated carbocycles. The van der Waals surface area contributed by atoms with Gasteiger partial charge in [0, 0.05) is 21.8 Å². The van der Waals surface area contributed by atoms with Gasteiger partial charge in [-0.1, -0.05) is 53.6 Å². The van der Waals surface area contributed by atoms with Gasteiger partial charge in [0.1, 0.15) is 11.4 Å². The third kappa shape index (κ3) is 4.21. The van der Waals surface area contributed by atoms with Gasteiger partial charge in [-0.05, 0) is 49.4 Å². The number of carbonyl (C=O) groups is 1. The van der Waals surface area contributed by atoms with Crippen LogP contribution in [0.3, 0.4) is 0 Å². The van der Waals surface area contributed by atoms with Crippen LogP contribution < -0.4 is 5.32 Å². The van der Waals surface area contributed by atoms with Crippen LogP contribution >= 0.6 is 11.6 Å². The van der Waals surface area contributed by atoms with Crippen molar-refractivity contribution in [3.63, 3.8) is 0 Å². The maximum absolute atomic E-state index is 13.2. The van der Waals surface area contributed by atoms with E-state index in [1.807, 2.05) is 49.4 Å². The quantitative estimate of drug-likeness (QED) is 0.339. The van der Waals surface area contributed by atoms with Crippen LogP contribution in [0.25, 0.3) is 28.2 Å². The van der Waals surface area contributed by atoms with E-state index >= 15 is 0 Å². The minimum absolute atomic E-state index is 0.309. The average Bonchev–Trinajstić information content (AvgIpc) is 3.25. The molecule has 0 unspecified atom stereocenters. The molecule has 0 radical (unpaired) electrons. The first-order valence-corrected chi connectivity index (χ1v) is 10.6. The van der Waals surface area contributed by atoms with Crippen LogP contribution in [0, 0.1) is 12.7 Å². The van der Waals surface area contributed by atoms with Gasteiger partial charge in [0.15, 0.2) is 5.65 Å². The SMILES string of the molecule is Cc1ccc(-c2cc(-c3ccc(Cl)cc3)n3ncc(C(=O)Nc4ccc(F)cc4)c3n2)cc1. The van der Waals surface area contributed by atoms with E-state index in [-0.39, 0.29) is 11.7 Å². The Hall–Kier alpha value is -4.03. The number of anilines is 1. The lowest BCUT2D eigenvalue weighted by Gasteiger charge is -2.10. The average molecular weight is 457 g/mol. The molecule has 1 amide bonds. The van der Waals surface area contributed by atoms with Gasteiger partial charge in [0.25, 0.3) is 5.91 Å². The third-order valence-electron chi connectivity index (χ3n) is 5.31. The van der Waals surface area contributed by atoms with Gasteiger partial charge in [0.05, 0.1) is 17.6 Å². The van der Waals surface area contributed by atoms with Crippen LogP contribution in [-0.4, -0.2) is 20.5 Å². The molecule has 1 N–H and O–H groups in total. The van der Waals surface area contributed by atoms with Gasteiger partial charge >= 0.3 is 0 Å². The number of benzene rings is 3. The number of nitrogens with one attached hydrogen (secondary N) is 1. The molecular weight excluding hydrogens is 439 g/mol. The van der Waals surface area contributed by atoms with Gasteiger partial charge in [-0.15, -0.1) is 0 Å². The zero-order chi connectivity index (χ0) is 22.9. The third-order valence-corrected chi connectivity index (χ3v) is 5.56. The molecular formula is C26H18ClFN4O. The second-order valence-electron chi connectivity index (χ2n) is 7.65. The molecule has 5 nitrogen and oxygen atoms in total. The molecule has 0 aliphatic rings. The first-order chi connectivity index (χ1) is 16.0. The van der Waals surface area contributed by atoms with Crippen molar-refractivity contribution in [3.05, 3.63) is 107 Å². The van der Waals surface area contributed by atoms with Crippen LogP contribution in [0.1, 0.15) is 15.9 Å². The van der Waals surface area contributed by atoms with Crippen molar-refractivity contribution in [1.82, 2.24) is 14.6 Å². The zero-order valence-electron chi connectivity index (χ0n) is 17.6. The second kappa shape index (κ2) is 8.48. The van der Waals surface area contributed by atoms with Crippen molar-refractivity contribution in [2.75, 3.05) is 5.32 Å². The summed E-state index contributed by atoms with van der Waals surface area (Å²) < 4.78 is 14.9. The molecule has 0 spiro atoms. The summed E-state index contributed by atoms with van der Waals surface area (Å²) >= 11 is 6.08. The van der Waals surface area contributed by atoms with Crippen LogP contribution in [-0.2, 0) is 0 Å². The Labute approximate surface area is 194 Å². The lowest BCUT2D eigenvalue weighted by Crippen LogP contribution is -2.12. The smallest absolute Gasteiger partial charge is 0.261 e. The molecule has 2 heterocycles. The Morgan fingerprint density at radius 2 is 1.61 bits per heavy atom. The lowest BCUT2D eigenvalue weighted by atomic mass is 10.1. The summed E-state index contributed by atoms with van der Waals surface area (Å²) in [7, 11) is 0. The van der Waals surface area contributed by atoms with Gasteiger partial charge in [-0.3, -0.25) is 4.79 Å². The molecule has 5 rings (SSSR count). The predicted molar refractivity (Wildman–Crippen MR) is 128 cm³/mol. The number of hydrogen-bond donors (Lipinski definition) is 1. The molecule has 33 heavy (non-hydrogen) atoms. The maximum Gasteiger partial charge on any atom is 0.261 e. The van der Waals surface area contributed by atoms with E-state index in [1.165, 1.54) is 30.5 Å². The number of fused-ring (bicyclic) bond motifs is 1. The number of rotatable bonds is 4. The summed E-state index contributed by atoms with van der Waals surface area (Å²) in [6.45, 7) is 2.02. The van der Waals surface area contributed by atoms with Crippen LogP contribution in [0.2, 0.25) is 5.02 Å². The molecule has 2 aromatic heterocycles. The molecule has 0 aliphatic carbocycles. The second-order valence-corrected chi connectivity index (χ2v) is 8.09. The summed E-state index contributed by atoms with van der Waals surface area (Å²) in [6.07, 6.45) is 1.49. The monoisotopic (exact) mass is 456 g/mol. The first-order valence-electron chi connectivity index (χ1n) is 10.3. The molecule has 7 heteroatoms. The highest BCUT2D eigenvalue weighted by Crippen LogP contribution is 2.28. The van der Waals surface area contributed by atoms with Crippen molar-refractivity contribution in [1.29, 1.82) is 0 Å². The Morgan fingerprint density at radius 3 is 2.30 bits per heavy atom. The standard InChI is InChI=1S/C26H18ClFN4O/c1-16-2-4-17(5-3-16)23-14-24(18-6-8-19(27)9-7-18)32-25(31-23)22(15-29-32)26(33)30-21-12-10-20(28)11-13-21/h2-15H,1H3,(H,30,33). The van der Waals surface area contributed by atoms with Gasteiger partial charge < -0.3 is 5.32 Å². The fourth-order valence-electron chi connectivity index (χ4n) is 3.55. The highest BCUT2D eigenvalue weighted by atomic mass is 35.5. The molecule has 0 atom stereocenters. The number of halogens is 2. The minimum atomic E-state index is -0.382. The molecule has 0 aliphatic heterocycles. The fraction of sp³-hybridized carbons (Fsp3) is 0.0385. The van der Waals surface area contributed by atoms with Crippen LogP contribution in [0.5, 0.6) is 0 Å². The zero-order valence-corrected chi connectivity index (χ0v) is 18.3. The molecule has 162 valence electrons. The first kappa shape index (κ1) is 20.8. The summed E-state index contributed by atoms with van der Waals surface area (Å²) in [6, 6.07) is 23.0. The number of carbonyl (C=O) groups excluding carboxylic acids is 1. The van der Waals surface area contributed by atoms with E-state index in [2.05, 4.69) is 10.4 Å². The molecule has 0 fully saturated rings. The predicted octanol–water partition coefficient (Wildman–Crippen LogP) is 6.42. The van der Waals surface area contributed by atoms with Gasteiger partial charge in [0.2, 0.25) is 0 Å². The molecule has 3 aromatic carbocycles. The van der Waals surface area contributed by atoms with E-state index in [0.29, 0.717) is 27.6 Å². The van der Waals surface area contributed by atoms with E-state index < -0.39 is 0 Å². The largest absolute Gasteiger partial charge is 0.322 e. The van der Waals surface area contributed by atoms with E-state index in [0.717, 1.165) is 22.4 Å². The lowest BCUT2D eigenvalue weighted by molar-refractivity contribution is 0.102. The summed E-state index contributed by atoms with van der Waals surface area (Å²) in [4.78, 5) is 17.8. The van der Waals surface area contributed by atoms with E-state index in [1.54, 1.807) is 16.6 Å². The van der Waals surface area contributed by atoms with Crippen molar-refractivity contribution >= 4 is 28.8 Å². The molecule has 0 bridgehead atoms. The summed E-state index contributed by atoms with van der Waals surface area (Å²) in [5.74, 6) is -0.756. The summed E-state index contributed by atoms with van der Waals surface area (Å²) in [5.41, 5.74) is 5.63. The van der Waals surface area contributed by atoms with E-state index in [9.17, 15) is 9.18 Å². The topological polar surface area (TPSA) is 59.3 Å². The maximum atomic E-state index is 13.2. The molecule has 5 aromatic rings. The van der Waals surface area contributed by atoms with Gasteiger partial charge in [-0.2, -0.15) is 5.10 Å². The number of aryl methyl sites for hydroxylation is 1. The van der Waals surface area contributed by atoms with Crippen molar-refractivity contribution in [2.24, 2.45) is 0 Å². The minimum Gasteiger partial charge on any atom is -0.322 e. The molecule has 0 saturated heterocycles. The Morgan fingerprint density at radius 1 is 0.939 bits per heavy atom. The van der Waals surface area contributed by atoms with Crippen molar-refractivity contribution < 1.29 is 9.18 Å². The van der Waals surface area contributed by atoms with Crippen LogP contribution in [0.15, 0.2) is 85.1 Å². The normalized spacial score (nSPS) is 11.0. The summed E-state index contributed by atoms with van der Waals surface area (Å²) in [5, 5.41) is 7.85. The number of nitrogens with zero attached hydrogens (tertiary/aromatic N) is 3. The highest BCUT2D eigenvalue weighted by Gasteiger charge is 2.19. The van der Waals surface area contributed by atoms with Crippen LogP contribution in [0.4, 0.5) is 10.1 Å².